The molecule has 0 aliphatic rings. The number of hydrogen-bond donors (Lipinski definition) is 2. The number of aliphatic carboxylic acids is 1. The lowest BCUT2D eigenvalue weighted by Crippen LogP contribution is -2.16. The monoisotopic (exact) mass is 416 g/mol. The molecule has 1 unspecified atom stereocenters. The van der Waals surface area contributed by atoms with E-state index in [1.54, 1.807) is 19.9 Å². The molecule has 0 spiro atoms. The third-order valence-corrected chi connectivity index (χ3v) is 4.84. The number of carboxylic acid groups (broad SMARTS) is 1. The van der Waals surface area contributed by atoms with E-state index in [9.17, 15) is 19.5 Å². The van der Waals surface area contributed by atoms with E-state index in [2.05, 4.69) is 6.92 Å². The second-order valence-corrected chi connectivity index (χ2v) is 7.56. The minimum Gasteiger partial charge on any atom is -0.507 e. The highest BCUT2D eigenvalue weighted by Crippen LogP contribution is 2.26. The van der Waals surface area contributed by atoms with Crippen molar-refractivity contribution in [2.75, 3.05) is 0 Å². The quantitative estimate of drug-likeness (QED) is 0.201. The molecule has 0 aromatic carbocycles. The summed E-state index contributed by atoms with van der Waals surface area (Å²) in [5.74, 6) is -1.97. The summed E-state index contributed by atoms with van der Waals surface area (Å²) in [6.07, 6.45) is 11.4. The summed E-state index contributed by atoms with van der Waals surface area (Å²) in [4.78, 5) is 35.5. The standard InChI is InChI=1S/C24H32O6/c1-5-6-7-10-16(2)13-14-18(4)23(28)22-19(25)15-20(30-24(22)29)17(3)11-8-9-12-21(26)27/h9,12-15,17,25H,5-8,10-11H2,1-4H3,(H,26,27). The van der Waals surface area contributed by atoms with Gasteiger partial charge in [-0.15, -0.1) is 0 Å². The van der Waals surface area contributed by atoms with Crippen LogP contribution in [0.25, 0.3) is 0 Å². The van der Waals surface area contributed by atoms with Gasteiger partial charge in [-0.3, -0.25) is 4.79 Å². The van der Waals surface area contributed by atoms with E-state index in [0.717, 1.165) is 37.3 Å². The molecule has 0 fully saturated rings. The molecule has 30 heavy (non-hydrogen) atoms. The normalized spacial score (nSPS) is 13.6. The molecule has 1 heterocycles. The number of carboxylic acids is 1. The predicted octanol–water partition coefficient (Wildman–Crippen LogP) is 5.53. The van der Waals surface area contributed by atoms with Crippen LogP contribution in [0.3, 0.4) is 0 Å². The lowest BCUT2D eigenvalue weighted by molar-refractivity contribution is -0.131. The third-order valence-electron chi connectivity index (χ3n) is 4.84. The highest BCUT2D eigenvalue weighted by molar-refractivity contribution is 6.09. The Kier molecular flexibility index (Phi) is 10.6. The molecule has 0 saturated heterocycles. The van der Waals surface area contributed by atoms with Gasteiger partial charge in [0.25, 0.3) is 0 Å². The fourth-order valence-corrected chi connectivity index (χ4v) is 2.90. The van der Waals surface area contributed by atoms with E-state index in [4.69, 9.17) is 9.52 Å². The highest BCUT2D eigenvalue weighted by atomic mass is 16.4. The lowest BCUT2D eigenvalue weighted by atomic mass is 9.99. The first kappa shape index (κ1) is 25.1. The fourth-order valence-electron chi connectivity index (χ4n) is 2.90. The molecular formula is C24H32O6. The number of hydrogen-bond acceptors (Lipinski definition) is 5. The van der Waals surface area contributed by atoms with Crippen molar-refractivity contribution in [1.29, 1.82) is 0 Å². The topological polar surface area (TPSA) is 105 Å². The van der Waals surface area contributed by atoms with Crippen molar-refractivity contribution in [3.05, 3.63) is 63.3 Å². The summed E-state index contributed by atoms with van der Waals surface area (Å²) in [5.41, 5.74) is 0.238. The van der Waals surface area contributed by atoms with E-state index >= 15 is 0 Å². The molecule has 0 radical (unpaired) electrons. The van der Waals surface area contributed by atoms with Crippen molar-refractivity contribution in [3.63, 3.8) is 0 Å². The van der Waals surface area contributed by atoms with Crippen LogP contribution in [0.4, 0.5) is 0 Å². The zero-order chi connectivity index (χ0) is 22.7. The van der Waals surface area contributed by atoms with Crippen LogP contribution < -0.4 is 5.63 Å². The molecule has 0 aliphatic carbocycles. The molecule has 6 heteroatoms. The Balaban J connectivity index is 2.93. The van der Waals surface area contributed by atoms with Crippen LogP contribution in [-0.4, -0.2) is 22.0 Å². The number of aromatic hydroxyl groups is 1. The predicted molar refractivity (Wildman–Crippen MR) is 117 cm³/mol. The van der Waals surface area contributed by atoms with Crippen LogP contribution >= 0.6 is 0 Å². The van der Waals surface area contributed by atoms with Crippen LogP contribution in [-0.2, 0) is 4.79 Å². The Labute approximate surface area is 177 Å². The van der Waals surface area contributed by atoms with Crippen molar-refractivity contribution in [1.82, 2.24) is 0 Å². The largest absolute Gasteiger partial charge is 0.507 e. The zero-order valence-electron chi connectivity index (χ0n) is 18.2. The molecule has 164 valence electrons. The van der Waals surface area contributed by atoms with E-state index in [-0.39, 0.29) is 17.2 Å². The molecule has 0 saturated carbocycles. The maximum absolute atomic E-state index is 12.6. The number of Topliss-reactive ketones (excluding diaryl/α,β-unsaturated/α-hetero) is 1. The molecule has 1 atom stereocenters. The Hall–Kier alpha value is -2.89. The molecule has 1 rings (SSSR count). The first-order chi connectivity index (χ1) is 14.2. The van der Waals surface area contributed by atoms with Gasteiger partial charge < -0.3 is 14.6 Å². The van der Waals surface area contributed by atoms with Crippen LogP contribution in [0.1, 0.15) is 88.3 Å². The molecular weight excluding hydrogens is 384 g/mol. The van der Waals surface area contributed by atoms with Gasteiger partial charge in [0.05, 0.1) is 0 Å². The van der Waals surface area contributed by atoms with Gasteiger partial charge in [-0.05, 0) is 45.1 Å². The second kappa shape index (κ2) is 12.6. The minimum absolute atomic E-state index is 0.225. The third kappa shape index (κ3) is 8.23. The molecule has 2 N–H and O–H groups in total. The van der Waals surface area contributed by atoms with Crippen LogP contribution in [0.5, 0.6) is 5.75 Å². The van der Waals surface area contributed by atoms with Gasteiger partial charge >= 0.3 is 11.6 Å². The number of allylic oxidation sites excluding steroid dienone is 5. The van der Waals surface area contributed by atoms with Gasteiger partial charge in [-0.25, -0.2) is 9.59 Å². The van der Waals surface area contributed by atoms with Gasteiger partial charge in [0.15, 0.2) is 5.78 Å². The first-order valence-corrected chi connectivity index (χ1v) is 10.3. The zero-order valence-corrected chi connectivity index (χ0v) is 18.2. The summed E-state index contributed by atoms with van der Waals surface area (Å²) in [6, 6.07) is 1.29. The van der Waals surface area contributed by atoms with E-state index < -0.39 is 23.1 Å². The summed E-state index contributed by atoms with van der Waals surface area (Å²) < 4.78 is 5.27. The van der Waals surface area contributed by atoms with E-state index in [1.807, 2.05) is 13.0 Å². The number of carbonyl (C=O) groups excluding carboxylic acids is 1. The maximum atomic E-state index is 12.6. The first-order valence-electron chi connectivity index (χ1n) is 10.3. The summed E-state index contributed by atoms with van der Waals surface area (Å²) >= 11 is 0. The van der Waals surface area contributed by atoms with E-state index in [0.29, 0.717) is 18.4 Å². The molecule has 1 aromatic rings. The summed E-state index contributed by atoms with van der Waals surface area (Å²) in [7, 11) is 0. The van der Waals surface area contributed by atoms with Crippen LogP contribution in [0.15, 0.2) is 50.7 Å². The maximum Gasteiger partial charge on any atom is 0.351 e. The van der Waals surface area contributed by atoms with Crippen molar-refractivity contribution < 1.29 is 24.2 Å². The number of rotatable bonds is 12. The van der Waals surface area contributed by atoms with Crippen molar-refractivity contribution in [2.45, 2.75) is 72.1 Å². The van der Waals surface area contributed by atoms with Gasteiger partial charge in [-0.1, -0.05) is 50.5 Å². The Morgan fingerprint density at radius 3 is 2.50 bits per heavy atom. The molecule has 1 aromatic heterocycles. The summed E-state index contributed by atoms with van der Waals surface area (Å²) in [6.45, 7) is 7.54. The molecule has 6 nitrogen and oxygen atoms in total. The minimum atomic E-state index is -1.02. The second-order valence-electron chi connectivity index (χ2n) is 7.56. The van der Waals surface area contributed by atoms with Crippen molar-refractivity contribution in [2.24, 2.45) is 0 Å². The summed E-state index contributed by atoms with van der Waals surface area (Å²) in [5, 5.41) is 18.9. The Morgan fingerprint density at radius 1 is 1.20 bits per heavy atom. The number of unbranched alkanes of at least 4 members (excludes halogenated alkanes) is 2. The Bertz CT molecular complexity index is 885. The lowest BCUT2D eigenvalue weighted by Gasteiger charge is -2.11. The smallest absolute Gasteiger partial charge is 0.351 e. The molecule has 0 bridgehead atoms. The fraction of sp³-hybridized carbons (Fsp3) is 0.458. The van der Waals surface area contributed by atoms with Gasteiger partial charge in [0.1, 0.15) is 17.1 Å². The molecule has 0 amide bonds. The highest BCUT2D eigenvalue weighted by Gasteiger charge is 2.21. The Morgan fingerprint density at radius 2 is 1.90 bits per heavy atom. The van der Waals surface area contributed by atoms with Gasteiger partial charge in [0.2, 0.25) is 0 Å². The molecule has 0 aliphatic heterocycles. The van der Waals surface area contributed by atoms with Gasteiger partial charge in [-0.2, -0.15) is 0 Å². The van der Waals surface area contributed by atoms with Crippen LogP contribution in [0, 0.1) is 0 Å². The van der Waals surface area contributed by atoms with Crippen molar-refractivity contribution >= 4 is 11.8 Å². The average molecular weight is 417 g/mol. The van der Waals surface area contributed by atoms with Crippen molar-refractivity contribution in [3.8, 4) is 5.75 Å². The average Bonchev–Trinajstić information content (AvgIpc) is 2.68. The van der Waals surface area contributed by atoms with E-state index in [1.165, 1.54) is 12.1 Å². The van der Waals surface area contributed by atoms with Gasteiger partial charge in [0, 0.05) is 18.1 Å². The number of carbonyl (C=O) groups is 2. The SMILES string of the molecule is CCCCCC(C)=CC=C(C)C(=O)c1c(O)cc(C(C)CCC=CC(=O)O)oc1=O. The van der Waals surface area contributed by atoms with Crippen LogP contribution in [0.2, 0.25) is 0 Å². The number of ketones is 1.